The van der Waals surface area contributed by atoms with Crippen molar-refractivity contribution < 1.29 is 10.0 Å². The first kappa shape index (κ1) is 21.8. The lowest BCUT2D eigenvalue weighted by molar-refractivity contribution is -0.384. The number of rotatable bonds is 6. The molecule has 0 radical (unpaired) electrons. The summed E-state index contributed by atoms with van der Waals surface area (Å²) >= 11 is 0. The number of hydrogen-bond donors (Lipinski definition) is 2. The number of aromatic nitrogens is 2. The van der Waals surface area contributed by atoms with Crippen LogP contribution in [0, 0.1) is 38.7 Å². The van der Waals surface area contributed by atoms with Crippen LogP contribution < -0.4 is 10.6 Å². The summed E-state index contributed by atoms with van der Waals surface area (Å²) < 4.78 is 1.25. The van der Waals surface area contributed by atoms with Gasteiger partial charge in [-0.15, -0.1) is 0 Å². The molecule has 0 saturated carbocycles. The molecule has 1 saturated heterocycles. The zero-order valence-electron chi connectivity index (χ0n) is 17.2. The number of nitriles is 2. The molecule has 3 rings (SSSR count). The molecule has 10 heteroatoms. The quantitative estimate of drug-likeness (QED) is 0.409. The number of nitrogens with zero attached hydrogens (tertiary/aromatic N) is 6. The molecule has 0 amide bonds. The molecule has 1 aliphatic heterocycles. The maximum atomic E-state index is 11.7. The van der Waals surface area contributed by atoms with Crippen molar-refractivity contribution in [2.45, 2.75) is 26.3 Å². The van der Waals surface area contributed by atoms with Crippen LogP contribution in [0.1, 0.15) is 36.6 Å². The Morgan fingerprint density at radius 3 is 2.71 bits per heavy atom. The van der Waals surface area contributed by atoms with E-state index in [1.165, 1.54) is 16.8 Å². The van der Waals surface area contributed by atoms with E-state index in [0.29, 0.717) is 17.2 Å². The van der Waals surface area contributed by atoms with E-state index in [-0.39, 0.29) is 41.5 Å². The van der Waals surface area contributed by atoms with Crippen LogP contribution in [0.2, 0.25) is 0 Å². The summed E-state index contributed by atoms with van der Waals surface area (Å²) in [5.74, 6) is 0.650. The molecule has 0 atom stereocenters. The zero-order valence-corrected chi connectivity index (χ0v) is 17.2. The second-order valence-corrected chi connectivity index (χ2v) is 7.51. The van der Waals surface area contributed by atoms with Crippen molar-refractivity contribution in [3.8, 4) is 12.1 Å². The number of hydrogen-bond acceptors (Lipinski definition) is 8. The largest absolute Gasteiger partial charge is 0.394 e. The summed E-state index contributed by atoms with van der Waals surface area (Å²) in [4.78, 5) is 13.3. The molecule has 10 nitrogen and oxygen atoms in total. The van der Waals surface area contributed by atoms with Crippen molar-refractivity contribution in [2.24, 2.45) is 5.92 Å². The molecular weight excluding hydrogens is 398 g/mol. The number of nitrogens with two attached hydrogens (primary N) is 1. The summed E-state index contributed by atoms with van der Waals surface area (Å²) in [6, 6.07) is 8.74. The normalized spacial score (nSPS) is 14.8. The Hall–Kier alpha value is -3.89. The van der Waals surface area contributed by atoms with Crippen LogP contribution in [-0.4, -0.2) is 39.5 Å². The van der Waals surface area contributed by atoms with Gasteiger partial charge in [-0.2, -0.15) is 15.6 Å². The molecule has 3 N–H and O–H groups in total. The van der Waals surface area contributed by atoms with Crippen LogP contribution in [0.25, 0.3) is 11.6 Å². The molecule has 1 aromatic carbocycles. The summed E-state index contributed by atoms with van der Waals surface area (Å²) in [6.07, 6.45) is 3.40. The van der Waals surface area contributed by atoms with E-state index >= 15 is 0 Å². The molecule has 31 heavy (non-hydrogen) atoms. The van der Waals surface area contributed by atoms with E-state index in [0.717, 1.165) is 25.9 Å². The standard InChI is InChI=1S/C21H23N7O3/c1-14-4-6-26(7-5-14)18-3-2-15(11-19(18)28(30)31)10-16(12-22)20-17(13-23)21(24)27(25-20)8-9-29/h2-3,10-11,14,29H,4-9,24H2,1H3/b16-10+. The van der Waals surface area contributed by atoms with Gasteiger partial charge in [0.05, 0.1) is 23.6 Å². The Labute approximate surface area is 179 Å². The first-order valence-corrected chi connectivity index (χ1v) is 9.92. The Balaban J connectivity index is 2.02. The highest BCUT2D eigenvalue weighted by atomic mass is 16.6. The average molecular weight is 421 g/mol. The second kappa shape index (κ2) is 9.28. The number of nitro benzene ring substituents is 1. The third-order valence-electron chi connectivity index (χ3n) is 5.42. The number of aliphatic hydroxyl groups is 1. The molecule has 1 fully saturated rings. The van der Waals surface area contributed by atoms with Gasteiger partial charge in [-0.05, 0) is 36.5 Å². The van der Waals surface area contributed by atoms with Gasteiger partial charge in [-0.3, -0.25) is 10.1 Å². The predicted molar refractivity (Wildman–Crippen MR) is 116 cm³/mol. The number of allylic oxidation sites excluding steroid dienone is 1. The molecule has 0 aliphatic carbocycles. The molecule has 2 aromatic rings. The number of benzene rings is 1. The van der Waals surface area contributed by atoms with Gasteiger partial charge in [0.2, 0.25) is 0 Å². The highest BCUT2D eigenvalue weighted by molar-refractivity contribution is 5.92. The van der Waals surface area contributed by atoms with Crippen LogP contribution >= 0.6 is 0 Å². The Morgan fingerprint density at radius 2 is 2.13 bits per heavy atom. The first-order valence-electron chi connectivity index (χ1n) is 9.92. The van der Waals surface area contributed by atoms with Gasteiger partial charge in [0.25, 0.3) is 5.69 Å². The molecule has 0 spiro atoms. The number of piperidine rings is 1. The van der Waals surface area contributed by atoms with Crippen molar-refractivity contribution in [2.75, 3.05) is 30.3 Å². The number of nitro groups is 1. The van der Waals surface area contributed by atoms with Gasteiger partial charge in [-0.1, -0.05) is 13.0 Å². The molecule has 0 bridgehead atoms. The zero-order chi connectivity index (χ0) is 22.5. The number of aliphatic hydroxyl groups excluding tert-OH is 1. The van der Waals surface area contributed by atoms with Crippen LogP contribution in [0.4, 0.5) is 17.2 Å². The Kier molecular flexibility index (Phi) is 6.53. The highest BCUT2D eigenvalue weighted by Gasteiger charge is 2.24. The van der Waals surface area contributed by atoms with Crippen molar-refractivity contribution in [3.63, 3.8) is 0 Å². The van der Waals surface area contributed by atoms with Gasteiger partial charge in [0.1, 0.15) is 34.9 Å². The molecular formula is C21H23N7O3. The van der Waals surface area contributed by atoms with E-state index in [1.54, 1.807) is 12.1 Å². The van der Waals surface area contributed by atoms with E-state index < -0.39 is 4.92 Å². The maximum absolute atomic E-state index is 11.7. The first-order chi connectivity index (χ1) is 14.9. The molecule has 160 valence electrons. The van der Waals surface area contributed by atoms with E-state index in [1.807, 2.05) is 17.0 Å². The Bertz CT molecular complexity index is 1100. The topological polar surface area (TPSA) is 158 Å². The summed E-state index contributed by atoms with van der Waals surface area (Å²) in [7, 11) is 0. The number of nitrogen functional groups attached to an aromatic ring is 1. The minimum Gasteiger partial charge on any atom is -0.394 e. The minimum atomic E-state index is -0.425. The third kappa shape index (κ3) is 4.49. The van der Waals surface area contributed by atoms with E-state index in [4.69, 9.17) is 10.8 Å². The van der Waals surface area contributed by atoms with Gasteiger partial charge in [-0.25, -0.2) is 4.68 Å². The van der Waals surface area contributed by atoms with Crippen LogP contribution in [0.15, 0.2) is 18.2 Å². The van der Waals surface area contributed by atoms with Crippen molar-refractivity contribution in [1.29, 1.82) is 10.5 Å². The third-order valence-corrected chi connectivity index (χ3v) is 5.42. The fraction of sp³-hybridized carbons (Fsp3) is 0.381. The molecule has 1 aromatic heterocycles. The van der Waals surface area contributed by atoms with Crippen molar-refractivity contribution in [3.05, 3.63) is 45.1 Å². The predicted octanol–water partition coefficient (Wildman–Crippen LogP) is 2.54. The highest BCUT2D eigenvalue weighted by Crippen LogP contribution is 2.33. The average Bonchev–Trinajstić information content (AvgIpc) is 3.08. The number of anilines is 2. The summed E-state index contributed by atoms with van der Waals surface area (Å²) in [5, 5.41) is 44.1. The van der Waals surface area contributed by atoms with Gasteiger partial charge in [0.15, 0.2) is 0 Å². The molecule has 2 heterocycles. The SMILES string of the molecule is CC1CCN(c2ccc(/C=C(\C#N)c3nn(CCO)c(N)c3C#N)cc2[N+](=O)[O-])CC1. The van der Waals surface area contributed by atoms with Crippen molar-refractivity contribution in [1.82, 2.24) is 9.78 Å². The Morgan fingerprint density at radius 1 is 1.42 bits per heavy atom. The van der Waals surface area contributed by atoms with E-state index in [2.05, 4.69) is 12.0 Å². The van der Waals surface area contributed by atoms with Crippen LogP contribution in [0.5, 0.6) is 0 Å². The second-order valence-electron chi connectivity index (χ2n) is 7.51. The molecule has 0 unspecified atom stereocenters. The van der Waals surface area contributed by atoms with Gasteiger partial charge < -0.3 is 15.7 Å². The summed E-state index contributed by atoms with van der Waals surface area (Å²) in [6.45, 7) is 3.53. The van der Waals surface area contributed by atoms with Gasteiger partial charge in [0, 0.05) is 19.2 Å². The fourth-order valence-corrected chi connectivity index (χ4v) is 3.65. The lowest BCUT2D eigenvalue weighted by Gasteiger charge is -2.31. The lowest BCUT2D eigenvalue weighted by Crippen LogP contribution is -2.33. The van der Waals surface area contributed by atoms with Crippen LogP contribution in [-0.2, 0) is 6.54 Å². The van der Waals surface area contributed by atoms with Crippen molar-refractivity contribution >= 4 is 28.8 Å². The molecule has 1 aliphatic rings. The monoisotopic (exact) mass is 421 g/mol. The fourth-order valence-electron chi connectivity index (χ4n) is 3.65. The lowest BCUT2D eigenvalue weighted by atomic mass is 9.98. The minimum absolute atomic E-state index is 0.0230. The maximum Gasteiger partial charge on any atom is 0.293 e. The summed E-state index contributed by atoms with van der Waals surface area (Å²) in [5.41, 5.74) is 7.01. The van der Waals surface area contributed by atoms with E-state index in [9.17, 15) is 20.6 Å². The van der Waals surface area contributed by atoms with Crippen LogP contribution in [0.3, 0.4) is 0 Å². The smallest absolute Gasteiger partial charge is 0.293 e. The van der Waals surface area contributed by atoms with Gasteiger partial charge >= 0.3 is 0 Å².